The summed E-state index contributed by atoms with van der Waals surface area (Å²) in [5.41, 5.74) is 1.94. The summed E-state index contributed by atoms with van der Waals surface area (Å²) in [5.74, 6) is 0.702. The summed E-state index contributed by atoms with van der Waals surface area (Å²) in [7, 11) is 0. The van der Waals surface area contributed by atoms with Crippen molar-refractivity contribution in [3.63, 3.8) is 0 Å². The van der Waals surface area contributed by atoms with Gasteiger partial charge < -0.3 is 15.4 Å². The molecule has 0 fully saturated rings. The van der Waals surface area contributed by atoms with Gasteiger partial charge >= 0.3 is 0 Å². The van der Waals surface area contributed by atoms with Gasteiger partial charge in [-0.2, -0.15) is 0 Å². The quantitative estimate of drug-likeness (QED) is 0.797. The van der Waals surface area contributed by atoms with Gasteiger partial charge in [-0.05, 0) is 55.4 Å². The van der Waals surface area contributed by atoms with Crippen LogP contribution in [0.4, 0.5) is 5.69 Å². The van der Waals surface area contributed by atoms with Gasteiger partial charge in [0.15, 0.2) is 5.11 Å². The fourth-order valence-electron chi connectivity index (χ4n) is 2.06. The second-order valence-corrected chi connectivity index (χ2v) is 5.35. The Balaban J connectivity index is 1.76. The number of carbonyl (C=O) groups excluding carboxylic acids is 1. The van der Waals surface area contributed by atoms with E-state index in [4.69, 9.17) is 17.0 Å². The minimum absolute atomic E-state index is 0.0997. The average molecular weight is 328 g/mol. The molecule has 2 rings (SSSR count). The van der Waals surface area contributed by atoms with Crippen molar-refractivity contribution in [2.45, 2.75) is 19.8 Å². The van der Waals surface area contributed by atoms with Gasteiger partial charge in [-0.15, -0.1) is 0 Å². The number of hydrogen-bond donors (Lipinski definition) is 2. The molecule has 0 unspecified atom stereocenters. The van der Waals surface area contributed by atoms with Crippen LogP contribution in [0.25, 0.3) is 0 Å². The Kier molecular flexibility index (Phi) is 6.56. The number of aryl methyl sites for hydroxylation is 1. The minimum atomic E-state index is -0.0997. The van der Waals surface area contributed by atoms with Crippen LogP contribution in [0, 0.1) is 0 Å². The lowest BCUT2D eigenvalue weighted by molar-refractivity contribution is -0.119. The molecule has 120 valence electrons. The zero-order valence-electron chi connectivity index (χ0n) is 13.0. The number of rotatable bonds is 6. The van der Waals surface area contributed by atoms with Gasteiger partial charge in [-0.1, -0.05) is 30.3 Å². The van der Waals surface area contributed by atoms with Crippen molar-refractivity contribution in [3.8, 4) is 5.75 Å². The Labute approximate surface area is 141 Å². The van der Waals surface area contributed by atoms with Crippen LogP contribution in [-0.4, -0.2) is 17.6 Å². The van der Waals surface area contributed by atoms with Crippen LogP contribution in [0.3, 0.4) is 0 Å². The first-order valence-electron chi connectivity index (χ1n) is 7.55. The fourth-order valence-corrected chi connectivity index (χ4v) is 2.29. The summed E-state index contributed by atoms with van der Waals surface area (Å²) in [5, 5.41) is 5.97. The van der Waals surface area contributed by atoms with Crippen LogP contribution in [0.5, 0.6) is 5.75 Å². The van der Waals surface area contributed by atoms with Gasteiger partial charge in [0.1, 0.15) is 5.75 Å². The minimum Gasteiger partial charge on any atom is -0.494 e. The van der Waals surface area contributed by atoms with E-state index in [1.54, 1.807) is 0 Å². The number of benzene rings is 2. The van der Waals surface area contributed by atoms with Crippen LogP contribution in [0.15, 0.2) is 54.6 Å². The molecule has 0 saturated heterocycles. The molecule has 1 amide bonds. The number of amides is 1. The van der Waals surface area contributed by atoms with Crippen LogP contribution in [0.2, 0.25) is 0 Å². The summed E-state index contributed by atoms with van der Waals surface area (Å²) in [4.78, 5) is 11.9. The maximum absolute atomic E-state index is 11.9. The molecule has 0 radical (unpaired) electrons. The van der Waals surface area contributed by atoms with E-state index in [-0.39, 0.29) is 5.91 Å². The summed E-state index contributed by atoms with van der Waals surface area (Å²) in [6.45, 7) is 2.56. The zero-order chi connectivity index (χ0) is 16.5. The zero-order valence-corrected chi connectivity index (χ0v) is 13.9. The molecule has 0 aliphatic carbocycles. The summed E-state index contributed by atoms with van der Waals surface area (Å²) in [6.07, 6.45) is 1.09. The van der Waals surface area contributed by atoms with Crippen molar-refractivity contribution in [3.05, 3.63) is 60.2 Å². The van der Waals surface area contributed by atoms with E-state index in [9.17, 15) is 4.79 Å². The Hall–Kier alpha value is -2.40. The van der Waals surface area contributed by atoms with E-state index < -0.39 is 0 Å². The van der Waals surface area contributed by atoms with Crippen molar-refractivity contribution in [1.82, 2.24) is 5.32 Å². The summed E-state index contributed by atoms with van der Waals surface area (Å²) >= 11 is 5.15. The van der Waals surface area contributed by atoms with Gasteiger partial charge in [0.2, 0.25) is 5.91 Å². The molecule has 2 N–H and O–H groups in total. The van der Waals surface area contributed by atoms with Crippen molar-refractivity contribution < 1.29 is 9.53 Å². The highest BCUT2D eigenvalue weighted by Gasteiger charge is 2.05. The first-order chi connectivity index (χ1) is 11.2. The van der Waals surface area contributed by atoms with Crippen molar-refractivity contribution >= 4 is 28.9 Å². The molecule has 0 spiro atoms. The third kappa shape index (κ3) is 6.08. The predicted molar refractivity (Wildman–Crippen MR) is 96.7 cm³/mol. The molecule has 0 saturated carbocycles. The number of carbonyl (C=O) groups is 1. The van der Waals surface area contributed by atoms with E-state index in [2.05, 4.69) is 10.6 Å². The summed E-state index contributed by atoms with van der Waals surface area (Å²) < 4.78 is 5.37. The molecule has 0 heterocycles. The Bertz CT molecular complexity index is 642. The van der Waals surface area contributed by atoms with E-state index in [1.165, 1.54) is 0 Å². The maximum atomic E-state index is 11.9. The third-order valence-corrected chi connectivity index (χ3v) is 3.36. The predicted octanol–water partition coefficient (Wildman–Crippen LogP) is 3.53. The second-order valence-electron chi connectivity index (χ2n) is 4.95. The molecule has 4 nitrogen and oxygen atoms in total. The van der Waals surface area contributed by atoms with E-state index in [1.807, 2.05) is 61.5 Å². The molecular formula is C18H20N2O2S. The molecule has 0 aliphatic heterocycles. The normalized spacial score (nSPS) is 9.96. The van der Waals surface area contributed by atoms with Gasteiger partial charge in [0.25, 0.3) is 0 Å². The first kappa shape index (κ1) is 17.0. The molecule has 2 aromatic rings. The van der Waals surface area contributed by atoms with Crippen molar-refractivity contribution in [2.24, 2.45) is 0 Å². The Morgan fingerprint density at radius 2 is 1.78 bits per heavy atom. The van der Waals surface area contributed by atoms with E-state index in [0.29, 0.717) is 24.6 Å². The molecule has 0 aliphatic rings. The Morgan fingerprint density at radius 1 is 1.09 bits per heavy atom. The largest absolute Gasteiger partial charge is 0.494 e. The number of ether oxygens (including phenoxy) is 1. The van der Waals surface area contributed by atoms with Crippen molar-refractivity contribution in [1.29, 1.82) is 0 Å². The smallest absolute Gasteiger partial charge is 0.226 e. The number of hydrogen-bond acceptors (Lipinski definition) is 3. The number of nitrogens with one attached hydrogen (secondary N) is 2. The second kappa shape index (κ2) is 8.90. The highest BCUT2D eigenvalue weighted by Crippen LogP contribution is 2.15. The van der Waals surface area contributed by atoms with Gasteiger partial charge in [-0.25, -0.2) is 0 Å². The molecule has 23 heavy (non-hydrogen) atoms. The van der Waals surface area contributed by atoms with Crippen LogP contribution >= 0.6 is 12.2 Å². The molecule has 5 heteroatoms. The topological polar surface area (TPSA) is 50.4 Å². The molecule has 0 aromatic heterocycles. The number of anilines is 1. The first-order valence-corrected chi connectivity index (χ1v) is 7.96. The maximum Gasteiger partial charge on any atom is 0.226 e. The molecular weight excluding hydrogens is 308 g/mol. The van der Waals surface area contributed by atoms with Gasteiger partial charge in [-0.3, -0.25) is 4.79 Å². The average Bonchev–Trinajstić information content (AvgIpc) is 2.56. The van der Waals surface area contributed by atoms with E-state index in [0.717, 1.165) is 17.0 Å². The SMILES string of the molecule is CCOc1ccc(NC(=S)NC(=O)CCc2ccccc2)cc1. The van der Waals surface area contributed by atoms with Crippen LogP contribution in [0.1, 0.15) is 18.9 Å². The Morgan fingerprint density at radius 3 is 2.43 bits per heavy atom. The third-order valence-electron chi connectivity index (χ3n) is 3.16. The van der Waals surface area contributed by atoms with Gasteiger partial charge in [0.05, 0.1) is 6.61 Å². The molecule has 2 aromatic carbocycles. The highest BCUT2D eigenvalue weighted by atomic mass is 32.1. The van der Waals surface area contributed by atoms with Gasteiger partial charge in [0, 0.05) is 12.1 Å². The van der Waals surface area contributed by atoms with Crippen molar-refractivity contribution in [2.75, 3.05) is 11.9 Å². The molecule has 0 bridgehead atoms. The lowest BCUT2D eigenvalue weighted by atomic mass is 10.1. The highest BCUT2D eigenvalue weighted by molar-refractivity contribution is 7.80. The lowest BCUT2D eigenvalue weighted by Gasteiger charge is -2.10. The van der Waals surface area contributed by atoms with Crippen LogP contribution < -0.4 is 15.4 Å². The lowest BCUT2D eigenvalue weighted by Crippen LogP contribution is -2.34. The van der Waals surface area contributed by atoms with E-state index >= 15 is 0 Å². The standard InChI is InChI=1S/C18H20N2O2S/c1-2-22-16-11-9-15(10-12-16)19-18(23)20-17(21)13-8-14-6-4-3-5-7-14/h3-7,9-12H,2,8,13H2,1H3,(H2,19,20,21,23). The summed E-state index contributed by atoms with van der Waals surface area (Å²) in [6, 6.07) is 17.3. The molecule has 0 atom stereocenters. The fraction of sp³-hybridized carbons (Fsp3) is 0.222. The number of thiocarbonyl (C=S) groups is 1. The monoisotopic (exact) mass is 328 g/mol. The van der Waals surface area contributed by atoms with Crippen LogP contribution in [-0.2, 0) is 11.2 Å².